The molecule has 34 heavy (non-hydrogen) atoms. The molecule has 176 valence electrons. The zero-order valence-electron chi connectivity index (χ0n) is 19.9. The van der Waals surface area contributed by atoms with Crippen molar-refractivity contribution in [2.45, 2.75) is 56.9 Å². The number of allylic oxidation sites excluding steroid dienone is 2. The number of piperidine rings is 1. The van der Waals surface area contributed by atoms with Crippen molar-refractivity contribution in [1.82, 2.24) is 15.5 Å². The predicted octanol–water partition coefficient (Wildman–Crippen LogP) is 4.15. The number of hydrogen-bond acceptors (Lipinski definition) is 4. The predicted molar refractivity (Wildman–Crippen MR) is 137 cm³/mol. The molecule has 5 heteroatoms. The van der Waals surface area contributed by atoms with Crippen molar-refractivity contribution in [2.24, 2.45) is 5.41 Å². The van der Waals surface area contributed by atoms with Gasteiger partial charge in [-0.05, 0) is 67.9 Å². The van der Waals surface area contributed by atoms with Crippen molar-refractivity contribution in [3.05, 3.63) is 84.6 Å². The zero-order chi connectivity index (χ0) is 23.1. The Labute approximate surface area is 202 Å². The van der Waals surface area contributed by atoms with Gasteiger partial charge in [0.05, 0.1) is 6.17 Å². The molecule has 0 aromatic heterocycles. The molecular formula is C29H34N4O. The summed E-state index contributed by atoms with van der Waals surface area (Å²) in [5, 5.41) is 6.97. The summed E-state index contributed by atoms with van der Waals surface area (Å²) in [7, 11) is 0. The number of benzene rings is 2. The lowest BCUT2D eigenvalue weighted by Gasteiger charge is -2.34. The Morgan fingerprint density at radius 1 is 1.06 bits per heavy atom. The second-order valence-corrected chi connectivity index (χ2v) is 10.4. The molecule has 4 unspecified atom stereocenters. The molecule has 0 radical (unpaired) electrons. The minimum Gasteiger partial charge on any atom is -0.371 e. The summed E-state index contributed by atoms with van der Waals surface area (Å²) in [6.45, 7) is 4.32. The van der Waals surface area contributed by atoms with Gasteiger partial charge < -0.3 is 15.1 Å². The fourth-order valence-electron chi connectivity index (χ4n) is 5.96. The van der Waals surface area contributed by atoms with Crippen LogP contribution >= 0.6 is 0 Å². The molecule has 6 rings (SSSR count). The normalized spacial score (nSPS) is 29.4. The number of para-hydroxylation sites is 1. The Kier molecular flexibility index (Phi) is 5.45. The second kappa shape index (κ2) is 8.62. The highest BCUT2D eigenvalue weighted by Crippen LogP contribution is 2.54. The topological polar surface area (TPSA) is 47.6 Å². The number of anilines is 1. The maximum Gasteiger partial charge on any atom is 0.252 e. The van der Waals surface area contributed by atoms with Gasteiger partial charge in [-0.15, -0.1) is 0 Å². The average molecular weight is 455 g/mol. The van der Waals surface area contributed by atoms with Crippen molar-refractivity contribution in [1.29, 1.82) is 0 Å². The van der Waals surface area contributed by atoms with E-state index in [2.05, 4.69) is 63.9 Å². The lowest BCUT2D eigenvalue weighted by atomic mass is 9.92. The number of carbonyl (C=O) groups is 1. The van der Waals surface area contributed by atoms with Crippen molar-refractivity contribution >= 4 is 17.2 Å². The molecule has 2 aromatic carbocycles. The fourth-order valence-corrected chi connectivity index (χ4v) is 5.96. The molecule has 5 nitrogen and oxygen atoms in total. The molecule has 2 saturated heterocycles. The second-order valence-electron chi connectivity index (χ2n) is 10.4. The summed E-state index contributed by atoms with van der Waals surface area (Å²) < 4.78 is 0. The Bertz CT molecular complexity index is 1090. The van der Waals surface area contributed by atoms with Gasteiger partial charge >= 0.3 is 0 Å². The van der Waals surface area contributed by atoms with E-state index in [1.165, 1.54) is 12.1 Å². The molecule has 2 aromatic rings. The van der Waals surface area contributed by atoms with Crippen LogP contribution in [-0.2, 0) is 4.79 Å². The number of carbonyl (C=O) groups excluding carboxylic acids is 1. The van der Waals surface area contributed by atoms with E-state index in [1.807, 2.05) is 42.5 Å². The Morgan fingerprint density at radius 3 is 2.44 bits per heavy atom. The van der Waals surface area contributed by atoms with Crippen molar-refractivity contribution in [3.8, 4) is 0 Å². The van der Waals surface area contributed by atoms with E-state index >= 15 is 0 Å². The van der Waals surface area contributed by atoms with Crippen molar-refractivity contribution in [3.63, 3.8) is 0 Å². The highest BCUT2D eigenvalue weighted by atomic mass is 16.1. The molecule has 4 aliphatic rings. The Morgan fingerprint density at radius 2 is 1.76 bits per heavy atom. The van der Waals surface area contributed by atoms with Gasteiger partial charge in [0.1, 0.15) is 0 Å². The van der Waals surface area contributed by atoms with E-state index in [9.17, 15) is 4.79 Å². The first kappa shape index (κ1) is 21.5. The molecule has 2 aliphatic heterocycles. The lowest BCUT2D eigenvalue weighted by Crippen LogP contribution is -2.39. The van der Waals surface area contributed by atoms with E-state index in [0.29, 0.717) is 18.2 Å². The van der Waals surface area contributed by atoms with Gasteiger partial charge in [0.25, 0.3) is 5.91 Å². The van der Waals surface area contributed by atoms with Gasteiger partial charge in [-0.3, -0.25) is 10.1 Å². The van der Waals surface area contributed by atoms with E-state index in [-0.39, 0.29) is 17.4 Å². The quantitative estimate of drug-likeness (QED) is 0.509. The summed E-state index contributed by atoms with van der Waals surface area (Å²) in [5.41, 5.74) is 3.29. The average Bonchev–Trinajstić information content (AvgIpc) is 3.75. The summed E-state index contributed by atoms with van der Waals surface area (Å²) in [6, 6.07) is 22.2. The summed E-state index contributed by atoms with van der Waals surface area (Å²) in [5.74, 6) is 0.0418. The van der Waals surface area contributed by atoms with Gasteiger partial charge in [-0.25, -0.2) is 0 Å². The number of nitrogens with one attached hydrogen (secondary N) is 2. The smallest absolute Gasteiger partial charge is 0.252 e. The van der Waals surface area contributed by atoms with E-state index < -0.39 is 0 Å². The summed E-state index contributed by atoms with van der Waals surface area (Å²) in [4.78, 5) is 18.3. The fraction of sp³-hybridized carbons (Fsp3) is 0.414. The van der Waals surface area contributed by atoms with Crippen LogP contribution in [0.2, 0.25) is 0 Å². The van der Waals surface area contributed by atoms with Gasteiger partial charge in [-0.2, -0.15) is 0 Å². The van der Waals surface area contributed by atoms with Crippen LogP contribution in [0, 0.1) is 5.41 Å². The molecule has 4 fully saturated rings. The molecule has 4 atom stereocenters. The van der Waals surface area contributed by atoms with Crippen LogP contribution in [-0.4, -0.2) is 48.2 Å². The molecule has 2 N–H and O–H groups in total. The molecule has 2 saturated carbocycles. The van der Waals surface area contributed by atoms with Crippen LogP contribution < -0.4 is 15.5 Å². The van der Waals surface area contributed by atoms with E-state index in [0.717, 1.165) is 43.5 Å². The molecular weight excluding hydrogens is 420 g/mol. The largest absolute Gasteiger partial charge is 0.371 e. The van der Waals surface area contributed by atoms with Gasteiger partial charge in [0, 0.05) is 48.7 Å². The number of nitrogens with zero attached hydrogens (tertiary/aromatic N) is 2. The third-order valence-electron chi connectivity index (χ3n) is 8.27. The summed E-state index contributed by atoms with van der Waals surface area (Å²) in [6.07, 6.45) is 11.1. The van der Waals surface area contributed by atoms with E-state index in [1.54, 1.807) is 0 Å². The van der Waals surface area contributed by atoms with Crippen LogP contribution in [0.4, 0.5) is 5.69 Å². The SMILES string of the molecule is CC1NC2CC2N1/C=C/C=C(/C(=O)NC1CC12CCN(c1ccccc1)CC2)c1ccccc1. The number of hydrogen-bond donors (Lipinski definition) is 2. The molecule has 2 heterocycles. The molecule has 1 spiro atoms. The van der Waals surface area contributed by atoms with Crippen LogP contribution in [0.5, 0.6) is 0 Å². The first-order valence-electron chi connectivity index (χ1n) is 12.7. The zero-order valence-corrected chi connectivity index (χ0v) is 19.9. The maximum absolute atomic E-state index is 13.4. The standard InChI is InChI=1S/C29H34N4O/c1-21-30-25-19-26(25)33(21)16-8-13-24(22-9-4-2-5-10-22)28(34)31-27-20-29(27)14-17-32(18-15-29)23-11-6-3-7-12-23/h2-13,16,21,25-27,30H,14-15,17-20H2,1H3,(H,31,34)/b16-8+,24-13+. The maximum atomic E-state index is 13.4. The van der Waals surface area contributed by atoms with Crippen LogP contribution in [0.25, 0.3) is 5.57 Å². The molecule has 1 amide bonds. The number of fused-ring (bicyclic) bond motifs is 1. The third-order valence-corrected chi connectivity index (χ3v) is 8.27. The highest BCUT2D eigenvalue weighted by Gasteiger charge is 2.55. The molecule has 2 aliphatic carbocycles. The van der Waals surface area contributed by atoms with Gasteiger partial charge in [0.15, 0.2) is 0 Å². The number of rotatable bonds is 6. The van der Waals surface area contributed by atoms with Crippen LogP contribution in [0.1, 0.15) is 38.2 Å². The minimum absolute atomic E-state index is 0.0418. The van der Waals surface area contributed by atoms with Crippen LogP contribution in [0.3, 0.4) is 0 Å². The first-order chi connectivity index (χ1) is 16.6. The van der Waals surface area contributed by atoms with Gasteiger partial charge in [-0.1, -0.05) is 48.5 Å². The highest BCUT2D eigenvalue weighted by molar-refractivity contribution is 6.20. The van der Waals surface area contributed by atoms with Gasteiger partial charge in [0.2, 0.25) is 0 Å². The van der Waals surface area contributed by atoms with Crippen LogP contribution in [0.15, 0.2) is 79.0 Å². The Hall–Kier alpha value is -3.05. The minimum atomic E-state index is 0.0418. The van der Waals surface area contributed by atoms with Crippen molar-refractivity contribution in [2.75, 3.05) is 18.0 Å². The number of amides is 1. The Balaban J connectivity index is 1.11. The monoisotopic (exact) mass is 454 g/mol. The third kappa shape index (κ3) is 4.14. The summed E-state index contributed by atoms with van der Waals surface area (Å²) >= 11 is 0. The first-order valence-corrected chi connectivity index (χ1v) is 12.7. The molecule has 0 bridgehead atoms. The van der Waals surface area contributed by atoms with Crippen molar-refractivity contribution < 1.29 is 4.79 Å². The van der Waals surface area contributed by atoms with E-state index in [4.69, 9.17) is 0 Å². The lowest BCUT2D eigenvalue weighted by molar-refractivity contribution is -0.115.